The van der Waals surface area contributed by atoms with Crippen molar-refractivity contribution in [3.63, 3.8) is 0 Å². The van der Waals surface area contributed by atoms with Crippen LogP contribution in [-0.2, 0) is 16.1 Å². The quantitative estimate of drug-likeness (QED) is 0.279. The molecule has 35 heavy (non-hydrogen) atoms. The molecule has 0 bridgehead atoms. The second-order valence-electron chi connectivity index (χ2n) is 8.87. The van der Waals surface area contributed by atoms with Crippen LogP contribution in [0, 0.1) is 11.7 Å². The average molecular weight is 476 g/mol. The van der Waals surface area contributed by atoms with Gasteiger partial charge in [0.25, 0.3) is 11.7 Å². The molecular weight excluding hydrogens is 449 g/mol. The van der Waals surface area contributed by atoms with E-state index < -0.39 is 23.5 Å². The highest BCUT2D eigenvalue weighted by molar-refractivity contribution is 6.46. The minimum Gasteiger partial charge on any atom is -0.508 e. The molecule has 3 aromatic carbocycles. The smallest absolute Gasteiger partial charge is 0.295 e. The lowest BCUT2D eigenvalue weighted by atomic mass is 9.95. The van der Waals surface area contributed by atoms with Crippen molar-refractivity contribution in [1.82, 2.24) is 4.90 Å². The Bertz CT molecular complexity index is 1250. The van der Waals surface area contributed by atoms with Crippen molar-refractivity contribution in [2.24, 2.45) is 5.92 Å². The number of hydrogen-bond acceptors (Lipinski definition) is 5. The van der Waals surface area contributed by atoms with Gasteiger partial charge in [0.2, 0.25) is 0 Å². The zero-order chi connectivity index (χ0) is 25.1. The summed E-state index contributed by atoms with van der Waals surface area (Å²) in [5.74, 6) is -1.35. The maximum absolute atomic E-state index is 13.4. The summed E-state index contributed by atoms with van der Waals surface area (Å²) < 4.78 is 19.1. The summed E-state index contributed by atoms with van der Waals surface area (Å²) in [6, 6.07) is 17.5. The van der Waals surface area contributed by atoms with Crippen molar-refractivity contribution in [2.45, 2.75) is 26.4 Å². The molecule has 180 valence electrons. The van der Waals surface area contributed by atoms with Crippen LogP contribution in [-0.4, -0.2) is 33.4 Å². The Balaban J connectivity index is 1.72. The number of benzene rings is 3. The minimum atomic E-state index is -0.891. The molecule has 0 aromatic heterocycles. The van der Waals surface area contributed by atoms with Crippen LogP contribution < -0.4 is 4.74 Å². The van der Waals surface area contributed by atoms with E-state index in [4.69, 9.17) is 4.74 Å². The van der Waals surface area contributed by atoms with E-state index in [1.54, 1.807) is 12.1 Å². The largest absolute Gasteiger partial charge is 0.508 e. The lowest BCUT2D eigenvalue weighted by Crippen LogP contribution is -2.29. The normalized spacial score (nSPS) is 17.3. The van der Waals surface area contributed by atoms with Crippen LogP contribution in [0.15, 0.2) is 78.4 Å². The summed E-state index contributed by atoms with van der Waals surface area (Å²) in [6.45, 7) is 4.81. The molecule has 0 saturated carbocycles. The number of phenolic OH excluding ortho intramolecular Hbond substituents is 1. The third kappa shape index (κ3) is 5.19. The van der Waals surface area contributed by atoms with Gasteiger partial charge in [-0.15, -0.1) is 0 Å². The number of rotatable bonds is 7. The van der Waals surface area contributed by atoms with Crippen LogP contribution in [0.4, 0.5) is 4.39 Å². The number of halogens is 1. The van der Waals surface area contributed by atoms with Crippen molar-refractivity contribution in [3.8, 4) is 11.5 Å². The topological polar surface area (TPSA) is 87.1 Å². The van der Waals surface area contributed by atoms with Gasteiger partial charge in [-0.05, 0) is 65.6 Å². The molecule has 1 fully saturated rings. The molecule has 4 rings (SSSR count). The number of likely N-dealkylation sites (tertiary alicyclic amines) is 1. The molecule has 0 radical (unpaired) electrons. The predicted octanol–water partition coefficient (Wildman–Crippen LogP) is 5.19. The van der Waals surface area contributed by atoms with E-state index >= 15 is 0 Å². The van der Waals surface area contributed by atoms with Gasteiger partial charge in [0.05, 0.1) is 18.2 Å². The fourth-order valence-corrected chi connectivity index (χ4v) is 3.96. The minimum absolute atomic E-state index is 0.0289. The molecule has 1 saturated heterocycles. The zero-order valence-corrected chi connectivity index (χ0v) is 19.4. The standard InChI is InChI=1S/C28H26FNO5/c1-17(2)16-35-23-13-3-18(4-14-23)15-30-25(19-7-11-22(31)12-8-19)24(27(33)28(30)34)26(32)20-5-9-21(29)10-6-20/h3-14,17,25,31-32H,15-16H2,1-2H3/b26-24-. The Morgan fingerprint density at radius 1 is 0.971 bits per heavy atom. The van der Waals surface area contributed by atoms with Crippen LogP contribution in [0.3, 0.4) is 0 Å². The van der Waals surface area contributed by atoms with Gasteiger partial charge in [0.1, 0.15) is 23.1 Å². The second-order valence-corrected chi connectivity index (χ2v) is 8.87. The van der Waals surface area contributed by atoms with E-state index in [0.717, 1.165) is 5.56 Å². The van der Waals surface area contributed by atoms with Gasteiger partial charge < -0.3 is 19.8 Å². The van der Waals surface area contributed by atoms with Crippen LogP contribution in [0.25, 0.3) is 5.76 Å². The zero-order valence-electron chi connectivity index (χ0n) is 19.4. The number of carbonyl (C=O) groups excluding carboxylic acids is 2. The van der Waals surface area contributed by atoms with Gasteiger partial charge in [-0.2, -0.15) is 0 Å². The molecule has 1 amide bonds. The Kier molecular flexibility index (Phi) is 6.87. The van der Waals surface area contributed by atoms with E-state index in [-0.39, 0.29) is 29.2 Å². The molecular formula is C28H26FNO5. The summed E-state index contributed by atoms with van der Waals surface area (Å²) in [4.78, 5) is 27.6. The van der Waals surface area contributed by atoms with Gasteiger partial charge >= 0.3 is 0 Å². The second kappa shape index (κ2) is 10.0. The maximum Gasteiger partial charge on any atom is 0.295 e. The van der Waals surface area contributed by atoms with Crippen molar-refractivity contribution >= 4 is 17.4 Å². The summed E-state index contributed by atoms with van der Waals surface area (Å²) in [7, 11) is 0. The molecule has 1 heterocycles. The molecule has 0 spiro atoms. The Morgan fingerprint density at radius 2 is 1.60 bits per heavy atom. The van der Waals surface area contributed by atoms with E-state index in [1.807, 2.05) is 24.3 Å². The molecule has 3 aromatic rings. The number of aliphatic hydroxyl groups is 1. The molecule has 1 aliphatic heterocycles. The molecule has 0 aliphatic carbocycles. The van der Waals surface area contributed by atoms with Gasteiger partial charge in [-0.25, -0.2) is 4.39 Å². The van der Waals surface area contributed by atoms with Crippen LogP contribution in [0.1, 0.15) is 36.6 Å². The lowest BCUT2D eigenvalue weighted by Gasteiger charge is -2.25. The van der Waals surface area contributed by atoms with E-state index in [2.05, 4.69) is 13.8 Å². The molecule has 2 N–H and O–H groups in total. The van der Waals surface area contributed by atoms with Gasteiger partial charge in [-0.1, -0.05) is 38.1 Å². The van der Waals surface area contributed by atoms with Crippen LogP contribution in [0.5, 0.6) is 11.5 Å². The van der Waals surface area contributed by atoms with Crippen molar-refractivity contribution < 1.29 is 28.9 Å². The van der Waals surface area contributed by atoms with E-state index in [1.165, 1.54) is 41.3 Å². The highest BCUT2D eigenvalue weighted by Gasteiger charge is 2.46. The Morgan fingerprint density at radius 3 is 2.20 bits per heavy atom. The summed E-state index contributed by atoms with van der Waals surface area (Å²) in [6.07, 6.45) is 0. The molecule has 7 heteroatoms. The van der Waals surface area contributed by atoms with Crippen molar-refractivity contribution in [2.75, 3.05) is 6.61 Å². The number of phenols is 1. The number of carbonyl (C=O) groups is 2. The monoisotopic (exact) mass is 475 g/mol. The Labute approximate surface area is 202 Å². The Hall–Kier alpha value is -4.13. The summed E-state index contributed by atoms with van der Waals surface area (Å²) >= 11 is 0. The third-order valence-electron chi connectivity index (χ3n) is 5.73. The van der Waals surface area contributed by atoms with Gasteiger partial charge in [0.15, 0.2) is 0 Å². The lowest BCUT2D eigenvalue weighted by molar-refractivity contribution is -0.140. The molecule has 1 unspecified atom stereocenters. The number of aromatic hydroxyl groups is 1. The van der Waals surface area contributed by atoms with E-state index in [9.17, 15) is 24.2 Å². The first-order valence-corrected chi connectivity index (χ1v) is 11.3. The van der Waals surface area contributed by atoms with Crippen molar-refractivity contribution in [3.05, 3.63) is 101 Å². The van der Waals surface area contributed by atoms with Gasteiger partial charge in [-0.3, -0.25) is 9.59 Å². The SMILES string of the molecule is CC(C)COc1ccc(CN2C(=O)C(=O)/C(=C(\O)c3ccc(F)cc3)C2c2ccc(O)cc2)cc1. The average Bonchev–Trinajstić information content (AvgIpc) is 3.09. The predicted molar refractivity (Wildman–Crippen MR) is 129 cm³/mol. The van der Waals surface area contributed by atoms with E-state index in [0.29, 0.717) is 23.8 Å². The number of amides is 1. The fraction of sp³-hybridized carbons (Fsp3) is 0.214. The molecule has 1 atom stereocenters. The first-order valence-electron chi connectivity index (χ1n) is 11.3. The highest BCUT2D eigenvalue weighted by atomic mass is 19.1. The number of Topliss-reactive ketones (excluding diaryl/α,β-unsaturated/α-hetero) is 1. The number of hydrogen-bond donors (Lipinski definition) is 2. The molecule has 6 nitrogen and oxygen atoms in total. The third-order valence-corrected chi connectivity index (χ3v) is 5.73. The van der Waals surface area contributed by atoms with Crippen molar-refractivity contribution in [1.29, 1.82) is 0 Å². The highest BCUT2D eigenvalue weighted by Crippen LogP contribution is 2.40. The fourth-order valence-electron chi connectivity index (χ4n) is 3.96. The summed E-state index contributed by atoms with van der Waals surface area (Å²) in [5, 5.41) is 20.7. The number of nitrogens with zero attached hydrogens (tertiary/aromatic N) is 1. The number of ketones is 1. The van der Waals surface area contributed by atoms with Crippen LogP contribution in [0.2, 0.25) is 0 Å². The summed E-state index contributed by atoms with van der Waals surface area (Å²) in [5.41, 5.74) is 1.45. The maximum atomic E-state index is 13.4. The molecule has 1 aliphatic rings. The van der Waals surface area contributed by atoms with Gasteiger partial charge in [0, 0.05) is 12.1 Å². The first kappa shape index (κ1) is 24.0. The van der Waals surface area contributed by atoms with Crippen LogP contribution >= 0.6 is 0 Å². The number of ether oxygens (including phenoxy) is 1. The first-order chi connectivity index (χ1) is 16.7. The number of aliphatic hydroxyl groups excluding tert-OH is 1.